The number of nitrogens with two attached hydrogens (primary N) is 1. The maximum Gasteiger partial charge on any atom is 0.255 e. The van der Waals surface area contributed by atoms with Crippen LogP contribution in [0.2, 0.25) is 0 Å². The fourth-order valence-corrected chi connectivity index (χ4v) is 2.25. The van der Waals surface area contributed by atoms with Crippen LogP contribution in [0.3, 0.4) is 0 Å². The number of aromatic nitrogens is 1. The fraction of sp³-hybridized carbons (Fsp3) is 0.167. The number of rotatable bonds is 5. The number of hydrogen-bond donors (Lipinski definition) is 2. The van der Waals surface area contributed by atoms with Crippen LogP contribution < -0.4 is 10.5 Å². The molecule has 0 unspecified atom stereocenters. The van der Waals surface area contributed by atoms with Crippen molar-refractivity contribution in [2.24, 2.45) is 10.9 Å². The smallest absolute Gasteiger partial charge is 0.255 e. The molecule has 0 saturated carbocycles. The van der Waals surface area contributed by atoms with E-state index in [0.29, 0.717) is 22.3 Å². The van der Waals surface area contributed by atoms with Gasteiger partial charge in [-0.15, -0.1) is 0 Å². The van der Waals surface area contributed by atoms with E-state index in [4.69, 9.17) is 20.1 Å². The number of thioether (sulfide) groups is 1. The first-order chi connectivity index (χ1) is 9.24. The van der Waals surface area contributed by atoms with Gasteiger partial charge in [0.25, 0.3) is 5.22 Å². The highest BCUT2D eigenvalue weighted by Gasteiger charge is 2.09. The predicted molar refractivity (Wildman–Crippen MR) is 71.6 cm³/mol. The molecule has 0 atom stereocenters. The van der Waals surface area contributed by atoms with Gasteiger partial charge in [-0.3, -0.25) is 0 Å². The second-order valence-corrected chi connectivity index (χ2v) is 4.53. The normalized spacial score (nSPS) is 11.5. The molecular formula is C12H13N3O3S. The van der Waals surface area contributed by atoms with Gasteiger partial charge in [-0.2, -0.15) is 0 Å². The van der Waals surface area contributed by atoms with Crippen molar-refractivity contribution in [2.75, 3.05) is 7.11 Å². The standard InChI is InChI=1S/C12H13N3O3S/c1-17-10-3-2-8(6-9(10)11(13)15-16)7-19-12-14-4-5-18-12/h2-6,16H,7H2,1H3,(H2,13,15). The zero-order valence-corrected chi connectivity index (χ0v) is 11.1. The van der Waals surface area contributed by atoms with Gasteiger partial charge in [0, 0.05) is 5.75 Å². The molecule has 2 aromatic rings. The van der Waals surface area contributed by atoms with E-state index in [1.54, 1.807) is 12.3 Å². The summed E-state index contributed by atoms with van der Waals surface area (Å²) in [6.07, 6.45) is 3.12. The minimum Gasteiger partial charge on any atom is -0.496 e. The molecule has 0 amide bonds. The third-order valence-corrected chi connectivity index (χ3v) is 3.35. The van der Waals surface area contributed by atoms with E-state index in [-0.39, 0.29) is 5.84 Å². The van der Waals surface area contributed by atoms with Gasteiger partial charge in [0.2, 0.25) is 0 Å². The van der Waals surface area contributed by atoms with Crippen LogP contribution in [0.15, 0.2) is 45.5 Å². The van der Waals surface area contributed by atoms with E-state index in [1.807, 2.05) is 12.1 Å². The predicted octanol–water partition coefficient (Wildman–Crippen LogP) is 2.07. The summed E-state index contributed by atoms with van der Waals surface area (Å²) in [5.41, 5.74) is 7.16. The zero-order valence-electron chi connectivity index (χ0n) is 10.2. The van der Waals surface area contributed by atoms with Gasteiger partial charge in [-0.25, -0.2) is 4.98 Å². The summed E-state index contributed by atoms with van der Waals surface area (Å²) in [4.78, 5) is 4.02. The Bertz CT molecular complexity index is 570. The number of benzene rings is 1. The Balaban J connectivity index is 2.18. The van der Waals surface area contributed by atoms with Crippen molar-refractivity contribution < 1.29 is 14.4 Å². The Labute approximate surface area is 114 Å². The van der Waals surface area contributed by atoms with Crippen LogP contribution >= 0.6 is 11.8 Å². The van der Waals surface area contributed by atoms with Crippen molar-refractivity contribution >= 4 is 17.6 Å². The lowest BCUT2D eigenvalue weighted by Gasteiger charge is -2.09. The molecule has 1 heterocycles. The first-order valence-electron chi connectivity index (χ1n) is 5.41. The number of nitrogens with zero attached hydrogens (tertiary/aromatic N) is 2. The minimum absolute atomic E-state index is 0.0137. The van der Waals surface area contributed by atoms with Crippen molar-refractivity contribution in [1.29, 1.82) is 0 Å². The highest BCUT2D eigenvalue weighted by molar-refractivity contribution is 7.98. The van der Waals surface area contributed by atoms with E-state index < -0.39 is 0 Å². The number of oxime groups is 1. The molecule has 6 nitrogen and oxygen atoms in total. The maximum absolute atomic E-state index is 8.76. The fourth-order valence-electron chi connectivity index (χ4n) is 1.53. The Morgan fingerprint density at radius 1 is 1.58 bits per heavy atom. The van der Waals surface area contributed by atoms with Crippen molar-refractivity contribution in [3.63, 3.8) is 0 Å². The van der Waals surface area contributed by atoms with Crippen LogP contribution in [0.5, 0.6) is 5.75 Å². The maximum atomic E-state index is 8.76. The average molecular weight is 279 g/mol. The molecular weight excluding hydrogens is 266 g/mol. The molecule has 0 aliphatic carbocycles. The van der Waals surface area contributed by atoms with Crippen LogP contribution in [0.1, 0.15) is 11.1 Å². The van der Waals surface area contributed by atoms with Crippen molar-refractivity contribution in [1.82, 2.24) is 4.98 Å². The molecule has 3 N–H and O–H groups in total. The molecule has 1 aromatic carbocycles. The molecule has 0 bridgehead atoms. The first kappa shape index (κ1) is 13.3. The topological polar surface area (TPSA) is 93.9 Å². The van der Waals surface area contributed by atoms with E-state index in [1.165, 1.54) is 25.1 Å². The van der Waals surface area contributed by atoms with Gasteiger partial charge < -0.3 is 20.1 Å². The summed E-state index contributed by atoms with van der Waals surface area (Å²) in [5, 5.41) is 12.3. The zero-order chi connectivity index (χ0) is 13.7. The minimum atomic E-state index is 0.0137. The summed E-state index contributed by atoms with van der Waals surface area (Å²) < 4.78 is 10.3. The second-order valence-electron chi connectivity index (χ2n) is 3.61. The third-order valence-electron chi connectivity index (χ3n) is 2.42. The molecule has 2 rings (SSSR count). The number of methoxy groups -OCH3 is 1. The lowest BCUT2D eigenvalue weighted by atomic mass is 10.1. The molecule has 100 valence electrons. The molecule has 0 radical (unpaired) electrons. The second kappa shape index (κ2) is 6.14. The Hall–Kier alpha value is -2.15. The highest BCUT2D eigenvalue weighted by Crippen LogP contribution is 2.25. The van der Waals surface area contributed by atoms with Crippen LogP contribution in [0.25, 0.3) is 0 Å². The van der Waals surface area contributed by atoms with Crippen LogP contribution in [0.4, 0.5) is 0 Å². The molecule has 7 heteroatoms. The monoisotopic (exact) mass is 279 g/mol. The summed E-state index contributed by atoms with van der Waals surface area (Å²) in [5.74, 6) is 1.23. The molecule has 19 heavy (non-hydrogen) atoms. The Morgan fingerprint density at radius 3 is 3.05 bits per heavy atom. The van der Waals surface area contributed by atoms with Gasteiger partial charge >= 0.3 is 0 Å². The largest absolute Gasteiger partial charge is 0.496 e. The summed E-state index contributed by atoms with van der Waals surface area (Å²) in [6.45, 7) is 0. The summed E-state index contributed by atoms with van der Waals surface area (Å²) in [6, 6.07) is 5.49. The molecule has 1 aromatic heterocycles. The molecule has 0 saturated heterocycles. The van der Waals surface area contributed by atoms with Crippen molar-refractivity contribution in [3.8, 4) is 5.75 Å². The lowest BCUT2D eigenvalue weighted by Crippen LogP contribution is -2.14. The number of hydrogen-bond acceptors (Lipinski definition) is 6. The average Bonchev–Trinajstić information content (AvgIpc) is 2.97. The van der Waals surface area contributed by atoms with E-state index in [2.05, 4.69) is 10.1 Å². The van der Waals surface area contributed by atoms with E-state index in [0.717, 1.165) is 5.56 Å². The lowest BCUT2D eigenvalue weighted by molar-refractivity contribution is 0.318. The molecule has 0 spiro atoms. The molecule has 0 aliphatic rings. The highest BCUT2D eigenvalue weighted by atomic mass is 32.2. The van der Waals surface area contributed by atoms with Crippen LogP contribution in [-0.2, 0) is 5.75 Å². The molecule has 0 aliphatic heterocycles. The van der Waals surface area contributed by atoms with Gasteiger partial charge in [-0.1, -0.05) is 23.0 Å². The van der Waals surface area contributed by atoms with Crippen molar-refractivity contribution in [3.05, 3.63) is 41.8 Å². The number of amidine groups is 1. The summed E-state index contributed by atoms with van der Waals surface area (Å²) in [7, 11) is 1.53. The van der Waals surface area contributed by atoms with Gasteiger partial charge in [0.05, 0.1) is 18.9 Å². The Kier molecular flexibility index (Phi) is 4.30. The summed E-state index contributed by atoms with van der Waals surface area (Å²) >= 11 is 1.46. The van der Waals surface area contributed by atoms with Crippen LogP contribution in [-0.4, -0.2) is 23.1 Å². The van der Waals surface area contributed by atoms with Gasteiger partial charge in [-0.05, 0) is 17.7 Å². The SMILES string of the molecule is COc1ccc(CSc2ncco2)cc1/C(N)=N/O. The van der Waals surface area contributed by atoms with Gasteiger partial charge in [0.1, 0.15) is 12.0 Å². The van der Waals surface area contributed by atoms with E-state index >= 15 is 0 Å². The number of oxazole rings is 1. The molecule has 0 fully saturated rings. The Morgan fingerprint density at radius 2 is 2.42 bits per heavy atom. The van der Waals surface area contributed by atoms with Crippen molar-refractivity contribution in [2.45, 2.75) is 11.0 Å². The number of ether oxygens (including phenoxy) is 1. The van der Waals surface area contributed by atoms with Gasteiger partial charge in [0.15, 0.2) is 5.84 Å². The first-order valence-corrected chi connectivity index (χ1v) is 6.40. The van der Waals surface area contributed by atoms with E-state index in [9.17, 15) is 0 Å². The quantitative estimate of drug-likeness (QED) is 0.286. The third kappa shape index (κ3) is 3.19. The van der Waals surface area contributed by atoms with Crippen LogP contribution in [0, 0.1) is 0 Å².